The third kappa shape index (κ3) is 2.76. The molecule has 1 aromatic heterocycles. The molecule has 0 aromatic carbocycles. The van der Waals surface area contributed by atoms with Crippen LogP contribution in [0.4, 0.5) is 0 Å². The first kappa shape index (κ1) is 10.6. The lowest BCUT2D eigenvalue weighted by atomic mass is 10.1. The van der Waals surface area contributed by atoms with Crippen LogP contribution in [0.25, 0.3) is 0 Å². The van der Waals surface area contributed by atoms with E-state index in [9.17, 15) is 0 Å². The van der Waals surface area contributed by atoms with E-state index in [0.29, 0.717) is 0 Å². The summed E-state index contributed by atoms with van der Waals surface area (Å²) in [5.74, 6) is 0. The Morgan fingerprint density at radius 3 is 2.77 bits per heavy atom. The van der Waals surface area contributed by atoms with Gasteiger partial charge >= 0.3 is 0 Å². The van der Waals surface area contributed by atoms with Gasteiger partial charge in [0.05, 0.1) is 13.2 Å². The second kappa shape index (κ2) is 4.17. The fraction of sp³-hybridized carbons (Fsp3) is 0.667. The van der Waals surface area contributed by atoms with Gasteiger partial charge in [0, 0.05) is 17.1 Å². The predicted octanol–water partition coefficient (Wildman–Crippen LogP) is 1.35. The lowest BCUT2D eigenvalue weighted by molar-refractivity contribution is 0.0733. The van der Waals surface area contributed by atoms with Crippen molar-refractivity contribution in [1.82, 2.24) is 9.88 Å². The van der Waals surface area contributed by atoms with Crippen LogP contribution in [-0.2, 0) is 6.54 Å². The lowest BCUT2D eigenvalue weighted by Gasteiger charge is -2.33. The Bertz CT molecular complexity index is 246. The number of aliphatic hydroxyl groups excluding tert-OH is 1. The summed E-state index contributed by atoms with van der Waals surface area (Å²) in [6.45, 7) is 4.99. The number of thiazole rings is 1. The van der Waals surface area contributed by atoms with Crippen LogP contribution in [0.15, 0.2) is 11.6 Å². The Kier molecular flexibility index (Phi) is 3.41. The van der Waals surface area contributed by atoms with Crippen LogP contribution >= 0.6 is 11.3 Å². The Morgan fingerprint density at radius 2 is 2.31 bits per heavy atom. The zero-order chi connectivity index (χ0) is 9.90. The van der Waals surface area contributed by atoms with E-state index in [1.54, 1.807) is 17.5 Å². The molecule has 13 heavy (non-hydrogen) atoms. The van der Waals surface area contributed by atoms with Gasteiger partial charge in [-0.15, -0.1) is 11.3 Å². The molecule has 3 nitrogen and oxygen atoms in total. The van der Waals surface area contributed by atoms with E-state index in [0.717, 1.165) is 11.6 Å². The van der Waals surface area contributed by atoms with Gasteiger partial charge in [-0.05, 0) is 20.9 Å². The average molecular weight is 200 g/mol. The molecular formula is C9H16N2OS. The third-order valence-corrected chi connectivity index (χ3v) is 3.04. The zero-order valence-electron chi connectivity index (χ0n) is 8.32. The van der Waals surface area contributed by atoms with Crippen molar-refractivity contribution in [3.63, 3.8) is 0 Å². The maximum atomic E-state index is 9.13. The summed E-state index contributed by atoms with van der Waals surface area (Å²) in [7, 11) is 2.00. The molecule has 1 N–H and O–H groups in total. The number of aliphatic hydroxyl groups is 1. The molecule has 0 aliphatic carbocycles. The second-order valence-electron chi connectivity index (χ2n) is 3.75. The average Bonchev–Trinajstić information content (AvgIpc) is 2.57. The summed E-state index contributed by atoms with van der Waals surface area (Å²) in [5.41, 5.74) is -0.175. The Morgan fingerprint density at radius 1 is 1.62 bits per heavy atom. The molecule has 0 bridgehead atoms. The van der Waals surface area contributed by atoms with Crippen LogP contribution in [0.1, 0.15) is 18.9 Å². The largest absolute Gasteiger partial charge is 0.394 e. The summed E-state index contributed by atoms with van der Waals surface area (Å²) in [5, 5.41) is 12.2. The summed E-state index contributed by atoms with van der Waals surface area (Å²) in [6.07, 6.45) is 1.81. The van der Waals surface area contributed by atoms with Crippen molar-refractivity contribution in [3.8, 4) is 0 Å². The van der Waals surface area contributed by atoms with Gasteiger partial charge in [-0.25, -0.2) is 4.98 Å². The molecule has 0 radical (unpaired) electrons. The maximum Gasteiger partial charge on any atom is 0.107 e. The van der Waals surface area contributed by atoms with E-state index in [-0.39, 0.29) is 12.1 Å². The van der Waals surface area contributed by atoms with Crippen molar-refractivity contribution < 1.29 is 5.11 Å². The zero-order valence-corrected chi connectivity index (χ0v) is 9.14. The molecule has 0 saturated carbocycles. The standard InChI is InChI=1S/C9H16N2OS/c1-9(2,7-12)11(3)6-8-10-4-5-13-8/h4-5,12H,6-7H2,1-3H3. The first-order valence-electron chi connectivity index (χ1n) is 4.27. The maximum absolute atomic E-state index is 9.13. The van der Waals surface area contributed by atoms with Gasteiger partial charge in [-0.1, -0.05) is 0 Å². The number of rotatable bonds is 4. The minimum absolute atomic E-state index is 0.162. The molecule has 74 valence electrons. The molecule has 0 unspecified atom stereocenters. The summed E-state index contributed by atoms with van der Waals surface area (Å²) in [4.78, 5) is 6.30. The Balaban J connectivity index is 2.55. The van der Waals surface area contributed by atoms with Gasteiger partial charge < -0.3 is 5.11 Å². The van der Waals surface area contributed by atoms with E-state index in [2.05, 4.69) is 9.88 Å². The van der Waals surface area contributed by atoms with E-state index in [4.69, 9.17) is 5.11 Å². The molecule has 0 saturated heterocycles. The molecular weight excluding hydrogens is 184 g/mol. The summed E-state index contributed by atoms with van der Waals surface area (Å²) < 4.78 is 0. The van der Waals surface area contributed by atoms with Crippen LogP contribution in [-0.4, -0.2) is 34.2 Å². The van der Waals surface area contributed by atoms with Crippen molar-refractivity contribution in [1.29, 1.82) is 0 Å². The van der Waals surface area contributed by atoms with Crippen molar-refractivity contribution in [2.75, 3.05) is 13.7 Å². The molecule has 0 atom stereocenters. The number of hydrogen-bond donors (Lipinski definition) is 1. The van der Waals surface area contributed by atoms with Crippen LogP contribution in [0, 0.1) is 0 Å². The molecule has 0 fully saturated rings. The number of likely N-dealkylation sites (N-methyl/N-ethyl adjacent to an activating group) is 1. The molecule has 0 aliphatic heterocycles. The van der Waals surface area contributed by atoms with Crippen molar-refractivity contribution >= 4 is 11.3 Å². The van der Waals surface area contributed by atoms with Gasteiger partial charge in [-0.2, -0.15) is 0 Å². The lowest BCUT2D eigenvalue weighted by Crippen LogP contribution is -2.43. The molecule has 1 aromatic rings. The van der Waals surface area contributed by atoms with Crippen molar-refractivity contribution in [2.24, 2.45) is 0 Å². The third-order valence-electron chi connectivity index (χ3n) is 2.28. The smallest absolute Gasteiger partial charge is 0.107 e. The van der Waals surface area contributed by atoms with Gasteiger partial charge in [0.1, 0.15) is 5.01 Å². The van der Waals surface area contributed by atoms with Crippen molar-refractivity contribution in [2.45, 2.75) is 25.9 Å². The highest BCUT2D eigenvalue weighted by Gasteiger charge is 2.22. The van der Waals surface area contributed by atoms with Gasteiger partial charge in [0.25, 0.3) is 0 Å². The highest BCUT2D eigenvalue weighted by Crippen LogP contribution is 2.15. The Labute approximate surface area is 83.0 Å². The van der Waals surface area contributed by atoms with E-state index < -0.39 is 0 Å². The molecule has 0 aliphatic rings. The fourth-order valence-electron chi connectivity index (χ4n) is 0.869. The number of hydrogen-bond acceptors (Lipinski definition) is 4. The Hall–Kier alpha value is -0.450. The first-order valence-corrected chi connectivity index (χ1v) is 5.15. The quantitative estimate of drug-likeness (QED) is 0.797. The van der Waals surface area contributed by atoms with Gasteiger partial charge in [0.2, 0.25) is 0 Å². The summed E-state index contributed by atoms with van der Waals surface area (Å²) in [6, 6.07) is 0. The number of nitrogens with zero attached hydrogens (tertiary/aromatic N) is 2. The van der Waals surface area contributed by atoms with E-state index >= 15 is 0 Å². The summed E-state index contributed by atoms with van der Waals surface area (Å²) >= 11 is 1.64. The van der Waals surface area contributed by atoms with Crippen LogP contribution in [0.3, 0.4) is 0 Å². The van der Waals surface area contributed by atoms with Gasteiger partial charge in [0.15, 0.2) is 0 Å². The highest BCUT2D eigenvalue weighted by molar-refractivity contribution is 7.09. The molecule has 4 heteroatoms. The molecule has 1 rings (SSSR count). The topological polar surface area (TPSA) is 36.4 Å². The molecule has 0 spiro atoms. The van der Waals surface area contributed by atoms with E-state index in [1.807, 2.05) is 26.3 Å². The minimum Gasteiger partial charge on any atom is -0.394 e. The normalized spacial score (nSPS) is 12.4. The molecule has 1 heterocycles. The minimum atomic E-state index is -0.175. The van der Waals surface area contributed by atoms with Gasteiger partial charge in [-0.3, -0.25) is 4.90 Å². The van der Waals surface area contributed by atoms with Crippen LogP contribution in [0.2, 0.25) is 0 Å². The highest BCUT2D eigenvalue weighted by atomic mass is 32.1. The second-order valence-corrected chi connectivity index (χ2v) is 4.73. The molecule has 0 amide bonds. The van der Waals surface area contributed by atoms with Crippen LogP contribution < -0.4 is 0 Å². The predicted molar refractivity (Wildman–Crippen MR) is 54.7 cm³/mol. The fourth-order valence-corrected chi connectivity index (χ4v) is 1.54. The van der Waals surface area contributed by atoms with Crippen LogP contribution in [0.5, 0.6) is 0 Å². The number of aromatic nitrogens is 1. The first-order chi connectivity index (χ1) is 6.06. The van der Waals surface area contributed by atoms with E-state index in [1.165, 1.54) is 0 Å². The monoisotopic (exact) mass is 200 g/mol. The van der Waals surface area contributed by atoms with Crippen molar-refractivity contribution in [3.05, 3.63) is 16.6 Å². The SMILES string of the molecule is CN(Cc1nccs1)C(C)(C)CO.